The highest BCUT2D eigenvalue weighted by molar-refractivity contribution is 6.30. The predicted molar refractivity (Wildman–Crippen MR) is 113 cm³/mol. The number of benzene rings is 1. The van der Waals surface area contributed by atoms with Crippen molar-refractivity contribution in [3.8, 4) is 0 Å². The number of aliphatic imine (C=N–C) groups is 1. The Hall–Kier alpha value is -2.67. The number of allylic oxidation sites excluding steroid dienone is 2. The van der Waals surface area contributed by atoms with Gasteiger partial charge in [-0.2, -0.15) is 0 Å². The first-order valence-electron chi connectivity index (χ1n) is 9.65. The fourth-order valence-electron chi connectivity index (χ4n) is 3.40. The van der Waals surface area contributed by atoms with Gasteiger partial charge in [0.05, 0.1) is 16.6 Å². The molecule has 0 saturated carbocycles. The highest BCUT2D eigenvalue weighted by atomic mass is 35.5. The van der Waals surface area contributed by atoms with Crippen LogP contribution in [0.3, 0.4) is 0 Å². The Morgan fingerprint density at radius 2 is 2.03 bits per heavy atom. The standard InChI is InChI=1S/C22H25ClFN3O3/c1-13-18(21(29)30-22(2,3)4)27-10-6-7-15(19(27)25-13)20(28)26(5)12-14-8-9-17(24)16(23)11-14/h6-11,13,18H,12H2,1-5H3. The van der Waals surface area contributed by atoms with E-state index in [4.69, 9.17) is 16.3 Å². The molecule has 160 valence electrons. The molecule has 2 heterocycles. The molecule has 2 aliphatic heterocycles. The summed E-state index contributed by atoms with van der Waals surface area (Å²) in [5, 5.41) is 0.00790. The third-order valence-electron chi connectivity index (χ3n) is 4.71. The maximum absolute atomic E-state index is 13.4. The summed E-state index contributed by atoms with van der Waals surface area (Å²) in [7, 11) is 1.65. The lowest BCUT2D eigenvalue weighted by Crippen LogP contribution is -2.47. The second kappa shape index (κ2) is 8.22. The summed E-state index contributed by atoms with van der Waals surface area (Å²) in [5.74, 6) is -0.718. The van der Waals surface area contributed by atoms with Crippen LogP contribution in [-0.2, 0) is 20.9 Å². The zero-order chi connectivity index (χ0) is 22.2. The molecular weight excluding hydrogens is 409 g/mol. The van der Waals surface area contributed by atoms with Gasteiger partial charge in [-0.1, -0.05) is 17.7 Å². The van der Waals surface area contributed by atoms with Gasteiger partial charge in [0, 0.05) is 19.8 Å². The van der Waals surface area contributed by atoms with Crippen molar-refractivity contribution >= 4 is 29.3 Å². The normalized spacial score (nSPS) is 20.4. The van der Waals surface area contributed by atoms with Gasteiger partial charge in [0.2, 0.25) is 0 Å². The monoisotopic (exact) mass is 433 g/mol. The van der Waals surface area contributed by atoms with Gasteiger partial charge in [-0.05, 0) is 57.5 Å². The van der Waals surface area contributed by atoms with Crippen molar-refractivity contribution in [2.45, 2.75) is 51.9 Å². The molecule has 2 aliphatic rings. The van der Waals surface area contributed by atoms with Crippen LogP contribution in [0.5, 0.6) is 0 Å². The van der Waals surface area contributed by atoms with E-state index in [2.05, 4.69) is 4.99 Å². The van der Waals surface area contributed by atoms with Crippen molar-refractivity contribution in [3.05, 3.63) is 58.5 Å². The van der Waals surface area contributed by atoms with E-state index in [1.807, 2.05) is 27.7 Å². The van der Waals surface area contributed by atoms with Crippen LogP contribution in [0, 0.1) is 5.82 Å². The van der Waals surface area contributed by atoms with E-state index in [9.17, 15) is 14.0 Å². The molecule has 0 aromatic heterocycles. The summed E-state index contributed by atoms with van der Waals surface area (Å²) >= 11 is 5.84. The van der Waals surface area contributed by atoms with Crippen molar-refractivity contribution in [2.24, 2.45) is 4.99 Å². The fourth-order valence-corrected chi connectivity index (χ4v) is 3.60. The maximum atomic E-state index is 13.4. The van der Waals surface area contributed by atoms with Gasteiger partial charge in [0.25, 0.3) is 5.91 Å². The van der Waals surface area contributed by atoms with Crippen LogP contribution < -0.4 is 0 Å². The fraction of sp³-hybridized carbons (Fsp3) is 0.409. The minimum atomic E-state index is -0.631. The number of halogens is 2. The van der Waals surface area contributed by atoms with Gasteiger partial charge in [-0.15, -0.1) is 0 Å². The molecule has 6 nitrogen and oxygen atoms in total. The summed E-state index contributed by atoms with van der Waals surface area (Å²) in [6, 6.07) is 3.35. The van der Waals surface area contributed by atoms with Crippen LogP contribution in [0.1, 0.15) is 33.3 Å². The SMILES string of the molecule is CC1N=C2C(C(=O)N(C)Cc3ccc(F)c(Cl)c3)=CC=CN2C1C(=O)OC(C)(C)C. The van der Waals surface area contributed by atoms with E-state index in [0.717, 1.165) is 0 Å². The van der Waals surface area contributed by atoms with Crippen molar-refractivity contribution in [1.29, 1.82) is 0 Å². The van der Waals surface area contributed by atoms with Gasteiger partial charge in [0.1, 0.15) is 17.3 Å². The molecule has 30 heavy (non-hydrogen) atoms. The minimum Gasteiger partial charge on any atom is -0.458 e. The Morgan fingerprint density at radius 1 is 1.33 bits per heavy atom. The molecule has 0 N–H and O–H groups in total. The summed E-state index contributed by atoms with van der Waals surface area (Å²) in [6.07, 6.45) is 5.12. The van der Waals surface area contributed by atoms with Crippen LogP contribution in [0.15, 0.2) is 47.1 Å². The van der Waals surface area contributed by atoms with Gasteiger partial charge in [0.15, 0.2) is 6.04 Å². The molecule has 1 aromatic carbocycles. The molecule has 0 bridgehead atoms. The average Bonchev–Trinajstić information content (AvgIpc) is 2.98. The molecule has 3 rings (SSSR count). The van der Waals surface area contributed by atoms with Crippen LogP contribution in [0.25, 0.3) is 0 Å². The van der Waals surface area contributed by atoms with E-state index in [-0.39, 0.29) is 29.5 Å². The molecular formula is C22H25ClFN3O3. The molecule has 1 aromatic rings. The number of hydrogen-bond donors (Lipinski definition) is 0. The molecule has 0 aliphatic carbocycles. The van der Waals surface area contributed by atoms with Crippen LogP contribution in [0.2, 0.25) is 5.02 Å². The van der Waals surface area contributed by atoms with E-state index in [1.54, 1.807) is 36.4 Å². The van der Waals surface area contributed by atoms with Gasteiger partial charge in [-0.25, -0.2) is 9.18 Å². The number of rotatable bonds is 4. The number of carbonyl (C=O) groups excluding carboxylic acids is 2. The first-order chi connectivity index (χ1) is 14.0. The van der Waals surface area contributed by atoms with Gasteiger partial charge in [-0.3, -0.25) is 9.79 Å². The molecule has 0 saturated heterocycles. The summed E-state index contributed by atoms with van der Waals surface area (Å²) in [4.78, 5) is 33.6. The third-order valence-corrected chi connectivity index (χ3v) is 5.00. The van der Waals surface area contributed by atoms with Crippen molar-refractivity contribution in [1.82, 2.24) is 9.80 Å². The number of ether oxygens (including phenoxy) is 1. The smallest absolute Gasteiger partial charge is 0.331 e. The second-order valence-corrected chi connectivity index (χ2v) is 8.82. The predicted octanol–water partition coefficient (Wildman–Crippen LogP) is 3.70. The van der Waals surface area contributed by atoms with Gasteiger partial charge < -0.3 is 14.5 Å². The Balaban J connectivity index is 1.77. The van der Waals surface area contributed by atoms with Crippen LogP contribution in [-0.4, -0.2) is 52.2 Å². The van der Waals surface area contributed by atoms with E-state index in [1.165, 1.54) is 17.0 Å². The minimum absolute atomic E-state index is 0.00790. The largest absolute Gasteiger partial charge is 0.458 e. The molecule has 0 spiro atoms. The molecule has 0 radical (unpaired) electrons. The maximum Gasteiger partial charge on any atom is 0.331 e. The Kier molecular flexibility index (Phi) is 6.04. The Morgan fingerprint density at radius 3 is 2.67 bits per heavy atom. The first-order valence-corrected chi connectivity index (χ1v) is 10.0. The number of amidine groups is 1. The number of likely N-dealkylation sites (N-methyl/N-ethyl adjacent to an activating group) is 1. The molecule has 1 amide bonds. The zero-order valence-electron chi connectivity index (χ0n) is 17.6. The summed E-state index contributed by atoms with van der Waals surface area (Å²) in [6.45, 7) is 7.50. The lowest BCUT2D eigenvalue weighted by atomic mass is 10.1. The number of fused-ring (bicyclic) bond motifs is 1. The Labute approximate surface area is 180 Å². The van der Waals surface area contributed by atoms with Crippen molar-refractivity contribution in [3.63, 3.8) is 0 Å². The van der Waals surface area contributed by atoms with E-state index < -0.39 is 17.5 Å². The average molecular weight is 434 g/mol. The topological polar surface area (TPSA) is 62.2 Å². The quantitative estimate of drug-likeness (QED) is 0.679. The number of esters is 1. The third kappa shape index (κ3) is 4.56. The van der Waals surface area contributed by atoms with Crippen LogP contribution in [0.4, 0.5) is 4.39 Å². The zero-order valence-corrected chi connectivity index (χ0v) is 18.4. The lowest BCUT2D eigenvalue weighted by Gasteiger charge is -2.30. The number of amides is 1. The second-order valence-electron chi connectivity index (χ2n) is 8.41. The molecule has 2 unspecified atom stereocenters. The highest BCUT2D eigenvalue weighted by Gasteiger charge is 2.43. The summed E-state index contributed by atoms with van der Waals surface area (Å²) < 4.78 is 18.9. The van der Waals surface area contributed by atoms with Crippen LogP contribution >= 0.6 is 11.6 Å². The van der Waals surface area contributed by atoms with E-state index >= 15 is 0 Å². The molecule has 8 heteroatoms. The first kappa shape index (κ1) is 22.0. The lowest BCUT2D eigenvalue weighted by molar-refractivity contribution is -0.159. The van der Waals surface area contributed by atoms with Gasteiger partial charge >= 0.3 is 5.97 Å². The van der Waals surface area contributed by atoms with Crippen molar-refractivity contribution in [2.75, 3.05) is 7.05 Å². The number of carbonyl (C=O) groups is 2. The number of nitrogens with zero attached hydrogens (tertiary/aromatic N) is 3. The number of hydrogen-bond acceptors (Lipinski definition) is 5. The summed E-state index contributed by atoms with van der Waals surface area (Å²) in [5.41, 5.74) is 0.463. The van der Waals surface area contributed by atoms with Crippen molar-refractivity contribution < 1.29 is 18.7 Å². The highest BCUT2D eigenvalue weighted by Crippen LogP contribution is 2.28. The Bertz CT molecular complexity index is 965. The molecule has 2 atom stereocenters. The van der Waals surface area contributed by atoms with E-state index in [0.29, 0.717) is 17.0 Å². The molecule has 0 fully saturated rings.